The number of ether oxygens (including phenoxy) is 2. The van der Waals surface area contributed by atoms with E-state index in [9.17, 15) is 9.59 Å². The SMILES string of the molecule is O=C(COc1ccc2ccc(=O)oc2c1)Nc1ccc(Oc2ccc(Cl)cc2)nc1. The monoisotopic (exact) mass is 422 g/mol. The third-order valence-corrected chi connectivity index (χ3v) is 4.27. The van der Waals surface area contributed by atoms with Crippen LogP contribution in [0.1, 0.15) is 0 Å². The summed E-state index contributed by atoms with van der Waals surface area (Å²) in [7, 11) is 0. The van der Waals surface area contributed by atoms with Gasteiger partial charge in [0, 0.05) is 28.6 Å². The Kier molecular flexibility index (Phi) is 5.63. The number of amides is 1. The first-order chi connectivity index (χ1) is 14.5. The van der Waals surface area contributed by atoms with E-state index in [1.54, 1.807) is 60.7 Å². The van der Waals surface area contributed by atoms with Crippen LogP contribution < -0.4 is 20.4 Å². The normalized spacial score (nSPS) is 10.6. The molecule has 30 heavy (non-hydrogen) atoms. The second-order valence-electron chi connectivity index (χ2n) is 6.23. The molecule has 0 atom stereocenters. The Balaban J connectivity index is 1.32. The van der Waals surface area contributed by atoms with E-state index in [-0.39, 0.29) is 12.5 Å². The number of hydrogen-bond donors (Lipinski definition) is 1. The molecule has 2 aromatic carbocycles. The van der Waals surface area contributed by atoms with Crippen LogP contribution in [-0.4, -0.2) is 17.5 Å². The molecule has 0 bridgehead atoms. The van der Waals surface area contributed by atoms with Crippen LogP contribution in [0.4, 0.5) is 5.69 Å². The maximum absolute atomic E-state index is 12.1. The van der Waals surface area contributed by atoms with Gasteiger partial charge in [-0.1, -0.05) is 11.6 Å². The summed E-state index contributed by atoms with van der Waals surface area (Å²) in [4.78, 5) is 27.6. The van der Waals surface area contributed by atoms with Gasteiger partial charge in [0.15, 0.2) is 6.61 Å². The van der Waals surface area contributed by atoms with Crippen LogP contribution in [0.5, 0.6) is 17.4 Å². The zero-order valence-corrected chi connectivity index (χ0v) is 16.3. The van der Waals surface area contributed by atoms with E-state index in [1.807, 2.05) is 0 Å². The molecule has 8 heteroatoms. The summed E-state index contributed by atoms with van der Waals surface area (Å²) in [6.45, 7) is -0.217. The molecular formula is C22H15ClN2O5. The van der Waals surface area contributed by atoms with Crippen molar-refractivity contribution in [1.82, 2.24) is 4.98 Å². The van der Waals surface area contributed by atoms with Crippen molar-refractivity contribution in [3.63, 3.8) is 0 Å². The number of anilines is 1. The van der Waals surface area contributed by atoms with Crippen molar-refractivity contribution in [3.8, 4) is 17.4 Å². The molecule has 2 heterocycles. The number of pyridine rings is 1. The van der Waals surface area contributed by atoms with Gasteiger partial charge in [0.25, 0.3) is 5.91 Å². The number of rotatable bonds is 6. The van der Waals surface area contributed by atoms with Crippen LogP contribution >= 0.6 is 11.6 Å². The van der Waals surface area contributed by atoms with Gasteiger partial charge in [-0.2, -0.15) is 0 Å². The molecule has 150 valence electrons. The number of aromatic nitrogens is 1. The number of carbonyl (C=O) groups is 1. The number of nitrogens with zero attached hydrogens (tertiary/aromatic N) is 1. The van der Waals surface area contributed by atoms with Gasteiger partial charge in [-0.3, -0.25) is 4.79 Å². The molecule has 1 amide bonds. The number of fused-ring (bicyclic) bond motifs is 1. The molecule has 0 saturated carbocycles. The molecule has 0 unspecified atom stereocenters. The molecule has 4 rings (SSSR count). The molecule has 1 N–H and O–H groups in total. The molecule has 4 aromatic rings. The molecular weight excluding hydrogens is 408 g/mol. The Morgan fingerprint density at radius 2 is 1.77 bits per heavy atom. The van der Waals surface area contributed by atoms with Crippen molar-refractivity contribution < 1.29 is 18.7 Å². The van der Waals surface area contributed by atoms with Gasteiger partial charge in [-0.05, 0) is 48.5 Å². The van der Waals surface area contributed by atoms with Crippen molar-refractivity contribution in [1.29, 1.82) is 0 Å². The van der Waals surface area contributed by atoms with Crippen molar-refractivity contribution in [3.05, 3.63) is 88.4 Å². The van der Waals surface area contributed by atoms with Crippen LogP contribution in [0.25, 0.3) is 11.0 Å². The Hall–Kier alpha value is -3.84. The van der Waals surface area contributed by atoms with Crippen molar-refractivity contribution in [2.24, 2.45) is 0 Å². The van der Waals surface area contributed by atoms with E-state index < -0.39 is 5.63 Å². The maximum Gasteiger partial charge on any atom is 0.336 e. The minimum Gasteiger partial charge on any atom is -0.484 e. The Labute approximate surface area is 175 Å². The highest BCUT2D eigenvalue weighted by Crippen LogP contribution is 2.22. The zero-order chi connectivity index (χ0) is 20.9. The van der Waals surface area contributed by atoms with E-state index in [2.05, 4.69) is 10.3 Å². The highest BCUT2D eigenvalue weighted by Gasteiger charge is 2.07. The molecule has 0 radical (unpaired) electrons. The van der Waals surface area contributed by atoms with Crippen LogP contribution in [-0.2, 0) is 4.79 Å². The van der Waals surface area contributed by atoms with Crippen molar-refractivity contribution >= 4 is 34.2 Å². The first kappa shape index (κ1) is 19.5. The predicted octanol–water partition coefficient (Wildman–Crippen LogP) is 4.65. The minimum absolute atomic E-state index is 0.217. The summed E-state index contributed by atoms with van der Waals surface area (Å²) in [5.41, 5.74) is 0.436. The summed E-state index contributed by atoms with van der Waals surface area (Å²) >= 11 is 5.84. The fourth-order valence-corrected chi connectivity index (χ4v) is 2.74. The highest BCUT2D eigenvalue weighted by atomic mass is 35.5. The number of nitrogens with one attached hydrogen (secondary N) is 1. The van der Waals surface area contributed by atoms with E-state index in [0.29, 0.717) is 33.7 Å². The molecule has 0 aliphatic carbocycles. The van der Waals surface area contributed by atoms with Gasteiger partial charge < -0.3 is 19.2 Å². The number of benzene rings is 2. The van der Waals surface area contributed by atoms with Crippen molar-refractivity contribution in [2.75, 3.05) is 11.9 Å². The maximum atomic E-state index is 12.1. The summed E-state index contributed by atoms with van der Waals surface area (Å²) in [6.07, 6.45) is 1.48. The quantitative estimate of drug-likeness (QED) is 0.455. The topological polar surface area (TPSA) is 90.7 Å². The third-order valence-electron chi connectivity index (χ3n) is 4.02. The number of hydrogen-bond acceptors (Lipinski definition) is 6. The molecule has 2 aromatic heterocycles. The fourth-order valence-electron chi connectivity index (χ4n) is 2.61. The average molecular weight is 423 g/mol. The molecule has 0 aliphatic heterocycles. The second-order valence-corrected chi connectivity index (χ2v) is 6.67. The predicted molar refractivity (Wildman–Crippen MR) is 112 cm³/mol. The second kappa shape index (κ2) is 8.67. The molecule has 7 nitrogen and oxygen atoms in total. The van der Waals surface area contributed by atoms with Crippen LogP contribution in [0.3, 0.4) is 0 Å². The Morgan fingerprint density at radius 3 is 2.53 bits per heavy atom. The lowest BCUT2D eigenvalue weighted by Crippen LogP contribution is -2.20. The van der Waals surface area contributed by atoms with Crippen molar-refractivity contribution in [2.45, 2.75) is 0 Å². The lowest BCUT2D eigenvalue weighted by molar-refractivity contribution is -0.118. The number of carbonyl (C=O) groups excluding carboxylic acids is 1. The summed E-state index contributed by atoms with van der Waals surface area (Å²) in [5, 5.41) is 4.06. The van der Waals surface area contributed by atoms with E-state index in [0.717, 1.165) is 5.39 Å². The highest BCUT2D eigenvalue weighted by molar-refractivity contribution is 6.30. The Bertz CT molecular complexity index is 1240. The van der Waals surface area contributed by atoms with E-state index >= 15 is 0 Å². The first-order valence-corrected chi connectivity index (χ1v) is 9.29. The van der Waals surface area contributed by atoms with Gasteiger partial charge in [-0.25, -0.2) is 9.78 Å². The largest absolute Gasteiger partial charge is 0.484 e. The third kappa shape index (κ3) is 4.95. The smallest absolute Gasteiger partial charge is 0.336 e. The minimum atomic E-state index is -0.451. The van der Waals surface area contributed by atoms with Gasteiger partial charge in [0.2, 0.25) is 5.88 Å². The first-order valence-electron chi connectivity index (χ1n) is 8.91. The number of halogens is 1. The lowest BCUT2D eigenvalue weighted by atomic mass is 10.2. The van der Waals surface area contributed by atoms with Gasteiger partial charge >= 0.3 is 5.63 Å². The molecule has 0 spiro atoms. The van der Waals surface area contributed by atoms with Crippen LogP contribution in [0.2, 0.25) is 5.02 Å². The summed E-state index contributed by atoms with van der Waals surface area (Å²) in [6, 6.07) is 18.2. The molecule has 0 saturated heterocycles. The van der Waals surface area contributed by atoms with Crippen LogP contribution in [0, 0.1) is 0 Å². The molecule has 0 aliphatic rings. The van der Waals surface area contributed by atoms with Gasteiger partial charge in [0.1, 0.15) is 17.1 Å². The average Bonchev–Trinajstić information content (AvgIpc) is 2.75. The Morgan fingerprint density at radius 1 is 1.00 bits per heavy atom. The van der Waals surface area contributed by atoms with Gasteiger partial charge in [-0.15, -0.1) is 0 Å². The van der Waals surface area contributed by atoms with E-state index in [1.165, 1.54) is 12.3 Å². The standard InChI is InChI=1S/C22H15ClN2O5/c23-15-3-7-17(8-4-15)29-21-9-5-16(12-24-21)25-20(26)13-28-18-6-1-14-2-10-22(27)30-19(14)11-18/h1-12H,13H2,(H,25,26). The lowest BCUT2D eigenvalue weighted by Gasteiger charge is -2.09. The zero-order valence-electron chi connectivity index (χ0n) is 15.5. The van der Waals surface area contributed by atoms with Gasteiger partial charge in [0.05, 0.1) is 11.9 Å². The van der Waals surface area contributed by atoms with Crippen LogP contribution in [0.15, 0.2) is 82.1 Å². The molecule has 0 fully saturated rings. The summed E-state index contributed by atoms with van der Waals surface area (Å²) in [5.74, 6) is 1.03. The fraction of sp³-hybridized carbons (Fsp3) is 0.0455. The van der Waals surface area contributed by atoms with E-state index in [4.69, 9.17) is 25.5 Å². The summed E-state index contributed by atoms with van der Waals surface area (Å²) < 4.78 is 16.2.